The minimum atomic E-state index is 1.08. The predicted octanol–water partition coefficient (Wildman–Crippen LogP) is 32.7. The topological polar surface area (TPSA) is 22.7 Å². The summed E-state index contributed by atoms with van der Waals surface area (Å²) in [6.45, 7) is 0. The Kier molecular flexibility index (Phi) is 23.1. The Morgan fingerprint density at radius 2 is 0.132 bits per heavy atom. The third kappa shape index (κ3) is 17.5. The van der Waals surface area contributed by atoms with E-state index in [-0.39, 0.29) is 0 Å². The highest BCUT2D eigenvalue weighted by molar-refractivity contribution is 5.88. The summed E-state index contributed by atoms with van der Waals surface area (Å²) in [4.78, 5) is 16.1. The van der Waals surface area contributed by atoms with E-state index in [0.29, 0.717) is 0 Å². The van der Waals surface area contributed by atoms with Crippen LogP contribution in [-0.4, -0.2) is 0 Å². The molecule has 0 aliphatic heterocycles. The third-order valence-electron chi connectivity index (χ3n) is 21.6. The smallest absolute Gasteiger partial charge is 0.0463 e. The zero-order valence-corrected chi connectivity index (χ0v) is 66.9. The van der Waals surface area contributed by atoms with E-state index in [2.05, 4.69) is 562 Å². The SMILES string of the molecule is c1ccc(N(c2ccccc2)c2ccc(-c3ccc(N(c4ccccc4)c4ccc(-c5ccc(N(c6ccccc6)c6ccc(-c7ccc(N(c8ccccc8)c8ccccc8)cc7)cc6)cc5)cc4)cc3)cc2)cc1.c1ccc(N(c2ccccc2)c2ccc(N(c3ccccc3)c3ccc(N(c4ccccc4)c4ccccc4)cc3)cc2)cc1. The van der Waals surface area contributed by atoms with Crippen molar-refractivity contribution in [3.05, 3.63) is 528 Å². The minimum absolute atomic E-state index is 1.08. The van der Waals surface area contributed by atoms with E-state index in [1.807, 2.05) is 0 Å². The van der Waals surface area contributed by atoms with Crippen molar-refractivity contribution in [1.29, 1.82) is 0 Å². The lowest BCUT2D eigenvalue weighted by molar-refractivity contribution is 1.24. The van der Waals surface area contributed by atoms with Gasteiger partial charge in [0.1, 0.15) is 0 Å². The van der Waals surface area contributed by atoms with Crippen molar-refractivity contribution in [1.82, 2.24) is 0 Å². The first kappa shape index (κ1) is 76.1. The molecule has 0 heterocycles. The molecule has 19 aromatic rings. The van der Waals surface area contributed by atoms with Gasteiger partial charge in [-0.3, -0.25) is 0 Å². The van der Waals surface area contributed by atoms with Gasteiger partial charge in [0.05, 0.1) is 0 Å². The molecule has 0 bridgehead atoms. The van der Waals surface area contributed by atoms with E-state index in [9.17, 15) is 0 Å². The van der Waals surface area contributed by atoms with Gasteiger partial charge in [-0.15, -0.1) is 0 Å². The lowest BCUT2D eigenvalue weighted by atomic mass is 10.0. The van der Waals surface area contributed by atoms with E-state index in [4.69, 9.17) is 0 Å². The molecule has 0 aliphatic carbocycles. The Morgan fingerprint density at radius 1 is 0.0661 bits per heavy atom. The molecular weight excluding hydrogens is 1470 g/mol. The highest BCUT2D eigenvalue weighted by Crippen LogP contribution is 2.45. The van der Waals surface area contributed by atoms with Gasteiger partial charge in [0.2, 0.25) is 0 Å². The molecule has 0 aromatic heterocycles. The van der Waals surface area contributed by atoms with E-state index < -0.39 is 0 Å². The first-order chi connectivity index (χ1) is 60.0. The Morgan fingerprint density at radius 3 is 0.215 bits per heavy atom. The molecule has 0 N–H and O–H groups in total. The molecule has 19 aromatic carbocycles. The summed E-state index contributed by atoms with van der Waals surface area (Å²) in [5.41, 5.74) is 30.1. The standard InChI is InChI=1S/C72H54N4.C42H33N3/c1-7-19-61(20-8-1)73(62-21-9-2-10-22-62)67-43-31-55(32-44-67)57-35-47-69(48-36-57)75(65-27-15-5-16-28-65)71-51-39-59(40-52-71)60-41-53-72(54-42-60)76(66-29-17-6-18-30-66)70-49-37-58(38-50-70)56-33-45-68(46-34-56)74(63-23-11-3-12-24-63)64-25-13-4-14-26-64;1-6-16-34(17-7-1)43(35-18-8-2-9-19-35)39-26-30-41(31-27-39)45(38-24-14-5-15-25-38)42-32-28-40(29-33-42)44(36-20-10-3-11-21-36)37-22-12-4-13-23-37/h1-54H;1-33H. The van der Waals surface area contributed by atoms with Gasteiger partial charge >= 0.3 is 0 Å². The molecule has 0 amide bonds. The molecular formula is C114H87N7. The molecule has 0 fully saturated rings. The number of anilines is 21. The van der Waals surface area contributed by atoms with E-state index in [0.717, 1.165) is 153 Å². The van der Waals surface area contributed by atoms with Gasteiger partial charge in [0, 0.05) is 119 Å². The van der Waals surface area contributed by atoms with Crippen LogP contribution in [0.5, 0.6) is 0 Å². The molecule has 0 aliphatic rings. The second-order valence-corrected chi connectivity index (χ2v) is 29.4. The first-order valence-corrected chi connectivity index (χ1v) is 41.0. The highest BCUT2D eigenvalue weighted by atomic mass is 15.2. The quantitative estimate of drug-likeness (QED) is 0.0594. The van der Waals surface area contributed by atoms with Gasteiger partial charge in [-0.05, 0) is 288 Å². The number of benzene rings is 19. The van der Waals surface area contributed by atoms with Crippen LogP contribution in [0.15, 0.2) is 528 Å². The van der Waals surface area contributed by atoms with Crippen LogP contribution in [0, 0.1) is 0 Å². The van der Waals surface area contributed by atoms with Crippen LogP contribution in [0.4, 0.5) is 119 Å². The molecule has 0 radical (unpaired) electrons. The zero-order valence-electron chi connectivity index (χ0n) is 66.9. The summed E-state index contributed by atoms with van der Waals surface area (Å²) >= 11 is 0. The molecule has 0 spiro atoms. The Labute approximate surface area is 710 Å². The number of nitrogens with zero attached hydrogens (tertiary/aromatic N) is 7. The van der Waals surface area contributed by atoms with Crippen molar-refractivity contribution < 1.29 is 0 Å². The van der Waals surface area contributed by atoms with E-state index in [1.165, 1.54) is 0 Å². The maximum Gasteiger partial charge on any atom is 0.0463 e. The average molecular weight is 1550 g/mol. The highest BCUT2D eigenvalue weighted by Gasteiger charge is 2.22. The molecule has 0 saturated heterocycles. The number of hydrogen-bond acceptors (Lipinski definition) is 7. The van der Waals surface area contributed by atoms with Gasteiger partial charge < -0.3 is 34.3 Å². The molecule has 578 valence electrons. The lowest BCUT2D eigenvalue weighted by Gasteiger charge is -2.29. The number of hydrogen-bond donors (Lipinski definition) is 0. The summed E-state index contributed by atoms with van der Waals surface area (Å²) in [6.07, 6.45) is 0. The monoisotopic (exact) mass is 1550 g/mol. The number of para-hydroxylation sites is 11. The molecule has 0 unspecified atom stereocenters. The van der Waals surface area contributed by atoms with Gasteiger partial charge in [0.25, 0.3) is 0 Å². The maximum atomic E-state index is 2.32. The minimum Gasteiger partial charge on any atom is -0.311 e. The lowest BCUT2D eigenvalue weighted by Crippen LogP contribution is -2.13. The molecule has 121 heavy (non-hydrogen) atoms. The van der Waals surface area contributed by atoms with Gasteiger partial charge in [-0.2, -0.15) is 0 Å². The fourth-order valence-electron chi connectivity index (χ4n) is 15.8. The molecule has 7 heteroatoms. The molecule has 7 nitrogen and oxygen atoms in total. The van der Waals surface area contributed by atoms with E-state index >= 15 is 0 Å². The van der Waals surface area contributed by atoms with Gasteiger partial charge in [-0.25, -0.2) is 0 Å². The van der Waals surface area contributed by atoms with Crippen LogP contribution in [-0.2, 0) is 0 Å². The molecule has 19 rings (SSSR count). The van der Waals surface area contributed by atoms with Gasteiger partial charge in [-0.1, -0.05) is 273 Å². The van der Waals surface area contributed by atoms with Crippen LogP contribution >= 0.6 is 0 Å². The van der Waals surface area contributed by atoms with Crippen LogP contribution < -0.4 is 34.3 Å². The van der Waals surface area contributed by atoms with Crippen molar-refractivity contribution in [2.45, 2.75) is 0 Å². The van der Waals surface area contributed by atoms with Crippen molar-refractivity contribution in [2.75, 3.05) is 34.3 Å². The first-order valence-electron chi connectivity index (χ1n) is 41.0. The summed E-state index contributed by atoms with van der Waals surface area (Å²) in [5.74, 6) is 0. The van der Waals surface area contributed by atoms with Crippen molar-refractivity contribution in [2.24, 2.45) is 0 Å². The fraction of sp³-hybridized carbons (Fsp3) is 0. The fourth-order valence-corrected chi connectivity index (χ4v) is 15.8. The Hall–Kier alpha value is -16.2. The molecule has 0 atom stereocenters. The Balaban J connectivity index is 0.000000189. The second-order valence-electron chi connectivity index (χ2n) is 29.4. The van der Waals surface area contributed by atoms with Crippen LogP contribution in [0.25, 0.3) is 33.4 Å². The maximum absolute atomic E-state index is 2.32. The van der Waals surface area contributed by atoms with Crippen molar-refractivity contribution in [3.63, 3.8) is 0 Å². The summed E-state index contributed by atoms with van der Waals surface area (Å²) in [5, 5.41) is 0. The predicted molar refractivity (Wildman–Crippen MR) is 512 cm³/mol. The Bertz CT molecular complexity index is 5860. The number of rotatable bonds is 24. The average Bonchev–Trinajstić information content (AvgIpc) is 0.798. The second kappa shape index (κ2) is 36.7. The normalized spacial score (nSPS) is 10.8. The molecule has 0 saturated carbocycles. The van der Waals surface area contributed by atoms with E-state index in [1.54, 1.807) is 0 Å². The van der Waals surface area contributed by atoms with Crippen LogP contribution in [0.2, 0.25) is 0 Å². The third-order valence-corrected chi connectivity index (χ3v) is 21.6. The summed E-state index contributed by atoms with van der Waals surface area (Å²) in [6, 6.07) is 187. The summed E-state index contributed by atoms with van der Waals surface area (Å²) in [7, 11) is 0. The summed E-state index contributed by atoms with van der Waals surface area (Å²) < 4.78 is 0. The largest absolute Gasteiger partial charge is 0.311 e. The van der Waals surface area contributed by atoms with Crippen LogP contribution in [0.1, 0.15) is 0 Å². The van der Waals surface area contributed by atoms with Crippen molar-refractivity contribution >= 4 is 119 Å². The zero-order chi connectivity index (χ0) is 81.1. The van der Waals surface area contributed by atoms with Gasteiger partial charge in [0.15, 0.2) is 0 Å². The van der Waals surface area contributed by atoms with Crippen molar-refractivity contribution in [3.8, 4) is 33.4 Å². The van der Waals surface area contributed by atoms with Crippen LogP contribution in [0.3, 0.4) is 0 Å².